The summed E-state index contributed by atoms with van der Waals surface area (Å²) in [5.41, 5.74) is 2.31. The van der Waals surface area contributed by atoms with Crippen LogP contribution in [-0.2, 0) is 11.3 Å². The molecule has 164 valence electrons. The number of nitrogens with zero attached hydrogens (tertiary/aromatic N) is 2. The highest BCUT2D eigenvalue weighted by Gasteiger charge is 2.22. The predicted molar refractivity (Wildman–Crippen MR) is 128 cm³/mol. The third-order valence-corrected chi connectivity index (χ3v) is 6.00. The number of para-hydroxylation sites is 2. The van der Waals surface area contributed by atoms with Crippen LogP contribution in [0.15, 0.2) is 48.8 Å². The van der Waals surface area contributed by atoms with Gasteiger partial charge in [0.2, 0.25) is 5.91 Å². The molecule has 6 nitrogen and oxygen atoms in total. The molecule has 0 aliphatic heterocycles. The first kappa shape index (κ1) is 23.4. The highest BCUT2D eigenvalue weighted by Crippen LogP contribution is 2.21. The van der Waals surface area contributed by atoms with Crippen molar-refractivity contribution in [3.05, 3.63) is 64.4 Å². The Balaban J connectivity index is 1.54. The lowest BCUT2D eigenvalue weighted by molar-refractivity contribution is -0.123. The van der Waals surface area contributed by atoms with E-state index in [1.54, 1.807) is 23.9 Å². The maximum atomic E-state index is 12.7. The van der Waals surface area contributed by atoms with Crippen molar-refractivity contribution in [2.45, 2.75) is 25.4 Å². The fraction of sp³-hybridized carbons (Fsp3) is 0.318. The number of aryl methyl sites for hydroxylation is 1. The van der Waals surface area contributed by atoms with Crippen LogP contribution in [0.1, 0.15) is 23.2 Å². The van der Waals surface area contributed by atoms with Crippen molar-refractivity contribution in [3.63, 3.8) is 0 Å². The number of hydrogen-bond donors (Lipinski definition) is 2. The van der Waals surface area contributed by atoms with E-state index >= 15 is 0 Å². The highest BCUT2D eigenvalue weighted by atomic mass is 35.5. The molecule has 0 bridgehead atoms. The number of rotatable bonds is 10. The zero-order chi connectivity index (χ0) is 22.2. The average Bonchev–Trinajstić information content (AvgIpc) is 3.17. The molecule has 3 aromatic rings. The molecule has 3 rings (SSSR count). The molecule has 31 heavy (non-hydrogen) atoms. The first-order chi connectivity index (χ1) is 15.0. The number of hydrogen-bond acceptors (Lipinski definition) is 4. The number of nitrogens with one attached hydrogen (secondary N) is 2. The smallest absolute Gasteiger partial charge is 0.253 e. The van der Waals surface area contributed by atoms with Crippen molar-refractivity contribution >= 4 is 57.8 Å². The number of carbonyl (C=O) groups is 2. The van der Waals surface area contributed by atoms with Crippen molar-refractivity contribution in [3.8, 4) is 0 Å². The second-order valence-corrected chi connectivity index (χ2v) is 8.83. The number of thioether (sulfide) groups is 1. The van der Waals surface area contributed by atoms with Crippen LogP contribution in [0.5, 0.6) is 0 Å². The van der Waals surface area contributed by atoms with E-state index in [4.69, 9.17) is 23.2 Å². The summed E-state index contributed by atoms with van der Waals surface area (Å²) in [5.74, 6) is 0.143. The van der Waals surface area contributed by atoms with Gasteiger partial charge >= 0.3 is 0 Å². The van der Waals surface area contributed by atoms with E-state index in [0.29, 0.717) is 23.6 Å². The predicted octanol–water partition coefficient (Wildman–Crippen LogP) is 4.40. The number of fused-ring (bicyclic) bond motifs is 1. The summed E-state index contributed by atoms with van der Waals surface area (Å²) in [5, 5.41) is 6.43. The Labute approximate surface area is 195 Å². The zero-order valence-corrected chi connectivity index (χ0v) is 19.4. The van der Waals surface area contributed by atoms with Crippen molar-refractivity contribution in [2.24, 2.45) is 0 Å². The molecule has 0 saturated heterocycles. The van der Waals surface area contributed by atoms with E-state index in [0.717, 1.165) is 29.8 Å². The number of imidazole rings is 1. The van der Waals surface area contributed by atoms with Crippen LogP contribution in [0.4, 0.5) is 0 Å². The standard InChI is InChI=1S/C22H24Cl2N4O2S/c1-31-12-9-19(27-21(29)16-8-7-15(23)13-17(16)24)22(30)25-10-4-11-28-14-26-18-5-2-3-6-20(18)28/h2-3,5-8,13-14,19H,4,9-12H2,1H3,(H,25,30)(H,27,29). The second-order valence-electron chi connectivity index (χ2n) is 7.00. The Kier molecular flexibility index (Phi) is 8.63. The number of amides is 2. The molecule has 0 spiro atoms. The molecule has 0 saturated carbocycles. The molecule has 0 radical (unpaired) electrons. The van der Waals surface area contributed by atoms with Crippen LogP contribution in [0.25, 0.3) is 11.0 Å². The minimum Gasteiger partial charge on any atom is -0.354 e. The fourth-order valence-corrected chi connectivity index (χ4v) is 4.15. The van der Waals surface area contributed by atoms with Gasteiger partial charge in [0.1, 0.15) is 6.04 Å². The number of benzene rings is 2. The van der Waals surface area contributed by atoms with Crippen LogP contribution in [0, 0.1) is 0 Å². The van der Waals surface area contributed by atoms with Gasteiger partial charge in [-0.3, -0.25) is 9.59 Å². The summed E-state index contributed by atoms with van der Waals surface area (Å²) in [6.45, 7) is 1.24. The van der Waals surface area contributed by atoms with E-state index < -0.39 is 11.9 Å². The Hall–Kier alpha value is -2.22. The van der Waals surface area contributed by atoms with Crippen LogP contribution >= 0.6 is 35.0 Å². The third-order valence-electron chi connectivity index (χ3n) is 4.81. The highest BCUT2D eigenvalue weighted by molar-refractivity contribution is 7.98. The molecule has 1 aromatic heterocycles. The minimum atomic E-state index is -0.638. The van der Waals surface area contributed by atoms with Crippen LogP contribution < -0.4 is 10.6 Å². The summed E-state index contributed by atoms with van der Waals surface area (Å²) in [7, 11) is 0. The molecule has 9 heteroatoms. The second kappa shape index (κ2) is 11.4. The lowest BCUT2D eigenvalue weighted by Crippen LogP contribution is -2.47. The first-order valence-electron chi connectivity index (χ1n) is 9.92. The van der Waals surface area contributed by atoms with Gasteiger partial charge in [0.05, 0.1) is 27.9 Å². The fourth-order valence-electron chi connectivity index (χ4n) is 3.19. The van der Waals surface area contributed by atoms with Crippen molar-refractivity contribution in [1.82, 2.24) is 20.2 Å². The molecule has 0 aliphatic rings. The summed E-state index contributed by atoms with van der Waals surface area (Å²) >= 11 is 13.6. The molecule has 2 aromatic carbocycles. The molecular weight excluding hydrogens is 455 g/mol. The van der Waals surface area contributed by atoms with Gasteiger partial charge in [-0.1, -0.05) is 35.3 Å². The van der Waals surface area contributed by atoms with Gasteiger partial charge in [-0.05, 0) is 55.2 Å². The topological polar surface area (TPSA) is 76.0 Å². The quantitative estimate of drug-likeness (QED) is 0.423. The summed E-state index contributed by atoms with van der Waals surface area (Å²) in [4.78, 5) is 29.7. The number of carbonyl (C=O) groups excluding carboxylic acids is 2. The molecule has 0 fully saturated rings. The van der Waals surface area contributed by atoms with E-state index in [1.807, 2.05) is 36.8 Å². The molecule has 1 unspecified atom stereocenters. The largest absolute Gasteiger partial charge is 0.354 e. The summed E-state index contributed by atoms with van der Waals surface area (Å²) in [6, 6.07) is 12.0. The Morgan fingerprint density at radius 1 is 1.19 bits per heavy atom. The van der Waals surface area contributed by atoms with Crippen LogP contribution in [-0.4, -0.2) is 46.0 Å². The molecule has 1 atom stereocenters. The lowest BCUT2D eigenvalue weighted by atomic mass is 10.1. The van der Waals surface area contributed by atoms with Crippen LogP contribution in [0.3, 0.4) is 0 Å². The van der Waals surface area contributed by atoms with E-state index in [1.165, 1.54) is 6.07 Å². The van der Waals surface area contributed by atoms with E-state index in [-0.39, 0.29) is 10.9 Å². The van der Waals surface area contributed by atoms with Gasteiger partial charge in [0.15, 0.2) is 0 Å². The summed E-state index contributed by atoms with van der Waals surface area (Å²) in [6.07, 6.45) is 5.04. The molecule has 2 amide bonds. The van der Waals surface area contributed by atoms with Gasteiger partial charge in [-0.25, -0.2) is 4.98 Å². The molecule has 0 aliphatic carbocycles. The number of aromatic nitrogens is 2. The first-order valence-corrected chi connectivity index (χ1v) is 12.1. The van der Waals surface area contributed by atoms with Crippen molar-refractivity contribution in [2.75, 3.05) is 18.6 Å². The third kappa shape index (κ3) is 6.38. The number of halogens is 2. The minimum absolute atomic E-state index is 0.206. The maximum absolute atomic E-state index is 12.7. The lowest BCUT2D eigenvalue weighted by Gasteiger charge is -2.19. The zero-order valence-electron chi connectivity index (χ0n) is 17.1. The van der Waals surface area contributed by atoms with Crippen molar-refractivity contribution in [1.29, 1.82) is 0 Å². The van der Waals surface area contributed by atoms with Gasteiger partial charge < -0.3 is 15.2 Å². The van der Waals surface area contributed by atoms with E-state index in [9.17, 15) is 9.59 Å². The van der Waals surface area contributed by atoms with Gasteiger partial charge in [0, 0.05) is 18.1 Å². The average molecular weight is 479 g/mol. The van der Waals surface area contributed by atoms with Gasteiger partial charge in [-0.15, -0.1) is 0 Å². The maximum Gasteiger partial charge on any atom is 0.253 e. The molecule has 2 N–H and O–H groups in total. The van der Waals surface area contributed by atoms with Gasteiger partial charge in [0.25, 0.3) is 5.91 Å². The van der Waals surface area contributed by atoms with Gasteiger partial charge in [-0.2, -0.15) is 11.8 Å². The Bertz CT molecular complexity index is 1060. The Morgan fingerprint density at radius 2 is 2.00 bits per heavy atom. The summed E-state index contributed by atoms with van der Waals surface area (Å²) < 4.78 is 2.07. The molecular formula is C22H24Cl2N4O2S. The Morgan fingerprint density at radius 3 is 2.77 bits per heavy atom. The monoisotopic (exact) mass is 478 g/mol. The van der Waals surface area contributed by atoms with Crippen molar-refractivity contribution < 1.29 is 9.59 Å². The van der Waals surface area contributed by atoms with E-state index in [2.05, 4.69) is 20.2 Å². The molecule has 1 heterocycles. The van der Waals surface area contributed by atoms with Crippen LogP contribution in [0.2, 0.25) is 10.0 Å². The SMILES string of the molecule is CSCCC(NC(=O)c1ccc(Cl)cc1Cl)C(=O)NCCCn1cnc2ccccc21. The normalized spacial score (nSPS) is 12.0.